The van der Waals surface area contributed by atoms with Gasteiger partial charge in [0.1, 0.15) is 0 Å². The van der Waals surface area contributed by atoms with Crippen LogP contribution in [0.3, 0.4) is 0 Å². The molecule has 0 fully saturated rings. The summed E-state index contributed by atoms with van der Waals surface area (Å²) in [7, 11) is 0. The average Bonchev–Trinajstić information content (AvgIpc) is 2.09. The Morgan fingerprint density at radius 1 is 1.25 bits per heavy atom. The molecule has 65 valence electrons. The molecule has 0 nitrogen and oxygen atoms in total. The number of thioether (sulfide) groups is 1. The van der Waals surface area contributed by atoms with Gasteiger partial charge in [-0.15, -0.1) is 0 Å². The summed E-state index contributed by atoms with van der Waals surface area (Å²) in [4.78, 5) is 0. The van der Waals surface area contributed by atoms with Crippen molar-refractivity contribution in [2.24, 2.45) is 0 Å². The number of hydrogen-bond donors (Lipinski definition) is 0. The topological polar surface area (TPSA) is 0 Å². The Labute approximate surface area is 79.4 Å². The molecule has 0 saturated carbocycles. The molecule has 1 radical (unpaired) electrons. The molecule has 12 heavy (non-hydrogen) atoms. The van der Waals surface area contributed by atoms with E-state index in [1.54, 1.807) is 0 Å². The smallest absolute Gasteiger partial charge is 0.0187 e. The van der Waals surface area contributed by atoms with E-state index in [4.69, 9.17) is 0 Å². The van der Waals surface area contributed by atoms with Crippen LogP contribution in [0, 0.1) is 12.7 Å². The highest BCUT2D eigenvalue weighted by Gasteiger charge is 1.91. The standard InChI is InChI=1S/C11H15S/c1-3-8-12-9-11-6-4-10(2)5-7-11/h4-8H,3,9H2,1-2H3. The Morgan fingerprint density at radius 2 is 1.92 bits per heavy atom. The van der Waals surface area contributed by atoms with E-state index in [0.29, 0.717) is 0 Å². The van der Waals surface area contributed by atoms with E-state index in [0.717, 1.165) is 12.2 Å². The minimum absolute atomic E-state index is 1.11. The number of benzene rings is 1. The zero-order valence-electron chi connectivity index (χ0n) is 7.71. The summed E-state index contributed by atoms with van der Waals surface area (Å²) in [6.45, 7) is 4.29. The minimum Gasteiger partial charge on any atom is -0.153 e. The molecule has 0 unspecified atom stereocenters. The molecule has 0 aliphatic rings. The lowest BCUT2D eigenvalue weighted by Gasteiger charge is -2.00. The first-order chi connectivity index (χ1) is 5.83. The van der Waals surface area contributed by atoms with E-state index >= 15 is 0 Å². The molecule has 1 heteroatoms. The van der Waals surface area contributed by atoms with Crippen molar-refractivity contribution in [3.8, 4) is 0 Å². The molecule has 0 N–H and O–H groups in total. The van der Waals surface area contributed by atoms with E-state index in [1.807, 2.05) is 11.8 Å². The van der Waals surface area contributed by atoms with Gasteiger partial charge in [0, 0.05) is 11.5 Å². The molecule has 0 aliphatic carbocycles. The Bertz CT molecular complexity index is 213. The van der Waals surface area contributed by atoms with Gasteiger partial charge in [0.25, 0.3) is 0 Å². The number of rotatable bonds is 4. The van der Waals surface area contributed by atoms with Crippen LogP contribution in [-0.2, 0) is 5.75 Å². The monoisotopic (exact) mass is 179 g/mol. The van der Waals surface area contributed by atoms with Gasteiger partial charge in [-0.1, -0.05) is 36.8 Å². The molecule has 0 spiro atoms. The molecule has 1 aromatic carbocycles. The predicted molar refractivity (Wildman–Crippen MR) is 57.1 cm³/mol. The second kappa shape index (κ2) is 5.26. The van der Waals surface area contributed by atoms with Gasteiger partial charge >= 0.3 is 0 Å². The van der Waals surface area contributed by atoms with E-state index < -0.39 is 0 Å². The first kappa shape index (κ1) is 9.66. The number of hydrogen-bond acceptors (Lipinski definition) is 1. The molecule has 0 aromatic heterocycles. The third-order valence-electron chi connectivity index (χ3n) is 1.66. The maximum atomic E-state index is 2.25. The van der Waals surface area contributed by atoms with Gasteiger partial charge in [0.15, 0.2) is 0 Å². The largest absolute Gasteiger partial charge is 0.153 e. The summed E-state index contributed by atoms with van der Waals surface area (Å²) in [5.74, 6) is 3.36. The Kier molecular flexibility index (Phi) is 4.23. The fourth-order valence-corrected chi connectivity index (χ4v) is 1.70. The van der Waals surface area contributed by atoms with Crippen LogP contribution in [-0.4, -0.2) is 0 Å². The molecular weight excluding hydrogens is 164 g/mol. The molecule has 0 atom stereocenters. The van der Waals surface area contributed by atoms with Gasteiger partial charge in [-0.05, 0) is 18.9 Å². The Balaban J connectivity index is 2.37. The highest BCUT2D eigenvalue weighted by atomic mass is 32.2. The molecule has 0 saturated heterocycles. The van der Waals surface area contributed by atoms with E-state index in [-0.39, 0.29) is 0 Å². The van der Waals surface area contributed by atoms with Gasteiger partial charge in [-0.25, -0.2) is 0 Å². The predicted octanol–water partition coefficient (Wildman–Crippen LogP) is 3.80. The lowest BCUT2D eigenvalue weighted by atomic mass is 10.2. The summed E-state index contributed by atoms with van der Waals surface area (Å²) >= 11 is 1.89. The van der Waals surface area contributed by atoms with Gasteiger partial charge in [0.2, 0.25) is 0 Å². The van der Waals surface area contributed by atoms with Crippen molar-refractivity contribution in [2.75, 3.05) is 0 Å². The summed E-state index contributed by atoms with van der Waals surface area (Å²) in [5.41, 5.74) is 2.75. The third-order valence-corrected chi connectivity index (χ3v) is 2.72. The van der Waals surface area contributed by atoms with Gasteiger partial charge in [0.05, 0.1) is 0 Å². The quantitative estimate of drug-likeness (QED) is 0.633. The molecule has 1 rings (SSSR count). The van der Waals surface area contributed by atoms with Crippen molar-refractivity contribution < 1.29 is 0 Å². The van der Waals surface area contributed by atoms with Crippen LogP contribution in [0.15, 0.2) is 24.3 Å². The normalized spacial score (nSPS) is 10.2. The molecule has 0 bridgehead atoms. The lowest BCUT2D eigenvalue weighted by molar-refractivity contribution is 1.20. The van der Waals surface area contributed by atoms with Crippen LogP contribution in [0.4, 0.5) is 0 Å². The van der Waals surface area contributed by atoms with Crippen LogP contribution in [0.25, 0.3) is 0 Å². The maximum absolute atomic E-state index is 2.25. The highest BCUT2D eigenvalue weighted by molar-refractivity contribution is 8.00. The van der Waals surface area contributed by atoms with Crippen LogP contribution in [0.2, 0.25) is 0 Å². The van der Waals surface area contributed by atoms with Gasteiger partial charge in [-0.3, -0.25) is 0 Å². The minimum atomic E-state index is 1.11. The summed E-state index contributed by atoms with van der Waals surface area (Å²) in [6.07, 6.45) is 1.15. The molecular formula is C11H15S. The van der Waals surface area contributed by atoms with Crippen LogP contribution in [0.1, 0.15) is 24.5 Å². The fourth-order valence-electron chi connectivity index (χ4n) is 0.957. The second-order valence-electron chi connectivity index (χ2n) is 2.87. The number of aryl methyl sites for hydroxylation is 1. The van der Waals surface area contributed by atoms with Crippen molar-refractivity contribution in [3.05, 3.63) is 41.1 Å². The second-order valence-corrected chi connectivity index (χ2v) is 3.83. The van der Waals surface area contributed by atoms with E-state index in [9.17, 15) is 0 Å². The first-order valence-electron chi connectivity index (χ1n) is 4.31. The van der Waals surface area contributed by atoms with Crippen molar-refractivity contribution in [1.82, 2.24) is 0 Å². The maximum Gasteiger partial charge on any atom is 0.0187 e. The lowest BCUT2D eigenvalue weighted by Crippen LogP contribution is -1.79. The fraction of sp³-hybridized carbons (Fsp3) is 0.364. The molecule has 0 heterocycles. The van der Waals surface area contributed by atoms with Crippen LogP contribution in [0.5, 0.6) is 0 Å². The third kappa shape index (κ3) is 3.31. The Morgan fingerprint density at radius 3 is 2.50 bits per heavy atom. The molecule has 0 amide bonds. The van der Waals surface area contributed by atoms with Crippen molar-refractivity contribution in [1.29, 1.82) is 0 Å². The summed E-state index contributed by atoms with van der Waals surface area (Å²) in [5, 5.41) is 0. The van der Waals surface area contributed by atoms with E-state index in [2.05, 4.69) is 43.9 Å². The van der Waals surface area contributed by atoms with Crippen LogP contribution >= 0.6 is 11.8 Å². The van der Waals surface area contributed by atoms with Crippen molar-refractivity contribution >= 4 is 11.8 Å². The van der Waals surface area contributed by atoms with Gasteiger partial charge in [-0.2, -0.15) is 11.8 Å². The summed E-state index contributed by atoms with van der Waals surface area (Å²) in [6, 6.07) is 8.74. The van der Waals surface area contributed by atoms with Crippen molar-refractivity contribution in [2.45, 2.75) is 26.0 Å². The highest BCUT2D eigenvalue weighted by Crippen LogP contribution is 2.16. The Hall–Kier alpha value is -0.430. The SMILES string of the molecule is CC[CH]SCc1ccc(C)cc1. The molecule has 0 aliphatic heterocycles. The average molecular weight is 179 g/mol. The van der Waals surface area contributed by atoms with Crippen molar-refractivity contribution in [3.63, 3.8) is 0 Å². The zero-order chi connectivity index (χ0) is 8.81. The molecule has 1 aromatic rings. The first-order valence-corrected chi connectivity index (χ1v) is 5.36. The zero-order valence-corrected chi connectivity index (χ0v) is 8.53. The summed E-state index contributed by atoms with van der Waals surface area (Å²) < 4.78 is 0. The van der Waals surface area contributed by atoms with E-state index in [1.165, 1.54) is 11.1 Å². The van der Waals surface area contributed by atoms with Crippen LogP contribution < -0.4 is 0 Å². The van der Waals surface area contributed by atoms with Gasteiger partial charge < -0.3 is 0 Å².